The number of hydrogen-bond acceptors (Lipinski definition) is 4. The average Bonchev–Trinajstić information content (AvgIpc) is 3.34. The Bertz CT molecular complexity index is 2720. The van der Waals surface area contributed by atoms with Crippen molar-refractivity contribution in [2.24, 2.45) is 0 Å². The van der Waals surface area contributed by atoms with Gasteiger partial charge in [-0.25, -0.2) is 15.0 Å². The van der Waals surface area contributed by atoms with Gasteiger partial charge >= 0.3 is 0 Å². The largest absolute Gasteiger partial charge is 0.209 e. The summed E-state index contributed by atoms with van der Waals surface area (Å²) in [5.41, 5.74) is 10.6. The molecule has 0 unspecified atom stereocenters. The van der Waals surface area contributed by atoms with E-state index in [0.717, 1.165) is 36.0 Å². The maximum absolute atomic E-state index is 5.22. The molecular formula is C50H37N3S. The van der Waals surface area contributed by atoms with Gasteiger partial charge in [0.05, 0.1) is 5.41 Å². The molecular weight excluding hydrogens is 675 g/mol. The van der Waals surface area contributed by atoms with Crippen LogP contribution in [0.15, 0.2) is 180 Å². The van der Waals surface area contributed by atoms with Crippen LogP contribution in [0.25, 0.3) is 49.7 Å². The van der Waals surface area contributed by atoms with Gasteiger partial charge in [-0.1, -0.05) is 170 Å². The molecule has 0 saturated heterocycles. The molecule has 0 fully saturated rings. The van der Waals surface area contributed by atoms with Crippen molar-refractivity contribution in [3.63, 3.8) is 0 Å². The third-order valence-electron chi connectivity index (χ3n) is 11.2. The lowest BCUT2D eigenvalue weighted by Crippen LogP contribution is -2.33. The van der Waals surface area contributed by atoms with Crippen molar-refractivity contribution in [1.82, 2.24) is 15.0 Å². The molecule has 258 valence electrons. The molecule has 1 spiro atoms. The van der Waals surface area contributed by atoms with Crippen LogP contribution in [0.4, 0.5) is 0 Å². The molecule has 0 amide bonds. The van der Waals surface area contributed by atoms with Crippen LogP contribution in [0.5, 0.6) is 0 Å². The third kappa shape index (κ3) is 4.94. The molecule has 5 aromatic carbocycles. The highest BCUT2D eigenvalue weighted by Gasteiger charge is 2.52. The minimum Gasteiger partial charge on any atom is -0.209 e. The number of aromatic nitrogens is 3. The smallest absolute Gasteiger partial charge is 0.164 e. The molecule has 3 aliphatic carbocycles. The molecule has 0 saturated carbocycles. The SMILES string of the molecule is C=C/C=C(\C=C/C)c1nc(C2=CC=CC=CC2)nc(-c2ccc3c(c2)C2(C4=C3C=CCC4)c3ccc4ccccc4c3Sc3c2ccc2ccccc32)n1. The maximum atomic E-state index is 5.22. The molecule has 6 aromatic rings. The molecule has 0 bridgehead atoms. The zero-order valence-corrected chi connectivity index (χ0v) is 30.9. The molecule has 4 heteroatoms. The predicted molar refractivity (Wildman–Crippen MR) is 226 cm³/mol. The van der Waals surface area contributed by atoms with Crippen LogP contribution < -0.4 is 0 Å². The monoisotopic (exact) mass is 711 g/mol. The summed E-state index contributed by atoms with van der Waals surface area (Å²) in [5, 5.41) is 5.13. The number of fused-ring (bicyclic) bond motifs is 12. The zero-order valence-electron chi connectivity index (χ0n) is 30.1. The summed E-state index contributed by atoms with van der Waals surface area (Å²) in [6, 6.07) is 34.1. The minimum atomic E-state index is -0.480. The van der Waals surface area contributed by atoms with Gasteiger partial charge in [0.15, 0.2) is 17.5 Å². The standard InChI is InChI=1S/C50H37N3S/c1-3-15-34(16-4-2)47-51-48(35-19-7-5-6-8-20-35)53-49(52-47)36-25-28-40-39-23-13-14-24-41(39)50(44(40)31-36)42-29-26-32-17-9-11-21-37(32)45(42)54-46-38-22-12-10-18-33(38)27-30-43(46)50/h3-13,15-19,21-23,25-31H,1,14,20,24H2,2H3/b16-4-,34-15+. The Balaban J connectivity index is 1.28. The Labute approximate surface area is 320 Å². The Hall–Kier alpha value is -6.10. The molecule has 0 N–H and O–H groups in total. The fraction of sp³-hybridized carbons (Fsp3) is 0.100. The fourth-order valence-corrected chi connectivity index (χ4v) is 10.3. The molecule has 0 radical (unpaired) electrons. The van der Waals surface area contributed by atoms with Gasteiger partial charge in [-0.3, -0.25) is 0 Å². The van der Waals surface area contributed by atoms with Gasteiger partial charge in [0, 0.05) is 26.5 Å². The van der Waals surface area contributed by atoms with E-state index in [2.05, 4.69) is 134 Å². The normalized spacial score (nSPS) is 16.8. The Morgan fingerprint density at radius 2 is 1.50 bits per heavy atom. The molecule has 1 aliphatic heterocycles. The lowest BCUT2D eigenvalue weighted by molar-refractivity contribution is 0.668. The van der Waals surface area contributed by atoms with Crippen LogP contribution in [0, 0.1) is 0 Å². The van der Waals surface area contributed by atoms with Crippen molar-refractivity contribution in [2.75, 3.05) is 0 Å². The van der Waals surface area contributed by atoms with Gasteiger partial charge in [-0.2, -0.15) is 0 Å². The first-order valence-corrected chi connectivity index (χ1v) is 19.5. The van der Waals surface area contributed by atoms with E-state index in [0.29, 0.717) is 17.5 Å². The summed E-state index contributed by atoms with van der Waals surface area (Å²) in [6.07, 6.45) is 25.7. The van der Waals surface area contributed by atoms with E-state index in [4.69, 9.17) is 15.0 Å². The van der Waals surface area contributed by atoms with Gasteiger partial charge < -0.3 is 0 Å². The predicted octanol–water partition coefficient (Wildman–Crippen LogP) is 12.8. The zero-order chi connectivity index (χ0) is 36.2. The number of hydrogen-bond donors (Lipinski definition) is 0. The molecule has 2 heterocycles. The Morgan fingerprint density at radius 3 is 2.24 bits per heavy atom. The lowest BCUT2D eigenvalue weighted by Gasteiger charge is -2.42. The van der Waals surface area contributed by atoms with Crippen molar-refractivity contribution in [2.45, 2.75) is 41.4 Å². The van der Waals surface area contributed by atoms with E-state index < -0.39 is 5.41 Å². The summed E-state index contributed by atoms with van der Waals surface area (Å²) < 4.78 is 0. The molecule has 54 heavy (non-hydrogen) atoms. The molecule has 3 nitrogen and oxygen atoms in total. The van der Waals surface area contributed by atoms with Crippen molar-refractivity contribution in [1.29, 1.82) is 0 Å². The van der Waals surface area contributed by atoms with Gasteiger partial charge in [0.1, 0.15) is 0 Å². The van der Waals surface area contributed by atoms with Crippen molar-refractivity contribution >= 4 is 50.0 Å². The second kappa shape index (κ2) is 13.1. The molecule has 10 rings (SSSR count). The maximum Gasteiger partial charge on any atom is 0.164 e. The first kappa shape index (κ1) is 32.5. The van der Waals surface area contributed by atoms with E-state index in [9.17, 15) is 0 Å². The summed E-state index contributed by atoms with van der Waals surface area (Å²) >= 11 is 1.94. The summed E-state index contributed by atoms with van der Waals surface area (Å²) in [5.74, 6) is 1.97. The quantitative estimate of drug-likeness (QED) is 0.167. The van der Waals surface area contributed by atoms with Crippen molar-refractivity contribution in [3.8, 4) is 11.4 Å². The molecule has 4 aliphatic rings. The number of nitrogens with zero attached hydrogens (tertiary/aromatic N) is 3. The summed E-state index contributed by atoms with van der Waals surface area (Å²) in [6.45, 7) is 6.00. The fourth-order valence-electron chi connectivity index (χ4n) is 8.89. The van der Waals surface area contributed by atoms with Crippen molar-refractivity contribution in [3.05, 3.63) is 204 Å². The van der Waals surface area contributed by atoms with Crippen LogP contribution in [0.2, 0.25) is 0 Å². The van der Waals surface area contributed by atoms with E-state index in [1.54, 1.807) is 6.08 Å². The molecule has 1 aromatic heterocycles. The van der Waals surface area contributed by atoms with Crippen LogP contribution in [-0.4, -0.2) is 15.0 Å². The highest BCUT2D eigenvalue weighted by molar-refractivity contribution is 8.00. The second-order valence-corrected chi connectivity index (χ2v) is 15.2. The number of rotatable bonds is 5. The molecule has 0 atom stereocenters. The van der Waals surface area contributed by atoms with Gasteiger partial charge in [0.2, 0.25) is 0 Å². The van der Waals surface area contributed by atoms with Crippen LogP contribution in [-0.2, 0) is 5.41 Å². The van der Waals surface area contributed by atoms with Crippen molar-refractivity contribution < 1.29 is 0 Å². The second-order valence-electron chi connectivity index (χ2n) is 14.1. The Kier molecular flexibility index (Phi) is 7.89. The Morgan fingerprint density at radius 1 is 0.759 bits per heavy atom. The summed E-state index contributed by atoms with van der Waals surface area (Å²) in [4.78, 5) is 18.2. The van der Waals surface area contributed by atoms with E-state index >= 15 is 0 Å². The number of benzene rings is 5. The van der Waals surface area contributed by atoms with Crippen LogP contribution in [0.1, 0.15) is 60.1 Å². The summed E-state index contributed by atoms with van der Waals surface area (Å²) in [7, 11) is 0. The van der Waals surface area contributed by atoms with E-state index in [1.165, 1.54) is 64.7 Å². The minimum absolute atomic E-state index is 0.480. The topological polar surface area (TPSA) is 38.7 Å². The van der Waals surface area contributed by atoms with E-state index in [-0.39, 0.29) is 0 Å². The third-order valence-corrected chi connectivity index (χ3v) is 12.5. The average molecular weight is 712 g/mol. The van der Waals surface area contributed by atoms with Gasteiger partial charge in [0.25, 0.3) is 0 Å². The first-order chi connectivity index (χ1) is 26.7. The van der Waals surface area contributed by atoms with Crippen LogP contribution in [0.3, 0.4) is 0 Å². The highest BCUT2D eigenvalue weighted by Crippen LogP contribution is 2.64. The van der Waals surface area contributed by atoms with Gasteiger partial charge in [-0.15, -0.1) is 0 Å². The highest BCUT2D eigenvalue weighted by atomic mass is 32.2. The lowest BCUT2D eigenvalue weighted by atomic mass is 9.64. The van der Waals surface area contributed by atoms with Gasteiger partial charge in [-0.05, 0) is 87.2 Å². The van der Waals surface area contributed by atoms with Crippen LogP contribution >= 0.6 is 11.8 Å². The first-order valence-electron chi connectivity index (χ1n) is 18.7. The van der Waals surface area contributed by atoms with E-state index in [1.807, 2.05) is 43.0 Å². The number of allylic oxidation sites excluding steroid dienone is 15.